The number of nitriles is 1. The van der Waals surface area contributed by atoms with Gasteiger partial charge in [0, 0.05) is 22.2 Å². The van der Waals surface area contributed by atoms with Gasteiger partial charge in [-0.1, -0.05) is 137 Å². The number of nitrogens with zero attached hydrogens (tertiary/aromatic N) is 2. The molecule has 0 amide bonds. The van der Waals surface area contributed by atoms with Crippen molar-refractivity contribution in [3.8, 4) is 6.07 Å². The zero-order valence-electron chi connectivity index (χ0n) is 28.9. The molecule has 2 aromatic carbocycles. The minimum absolute atomic E-state index is 0.0293. The molecule has 3 rings (SSSR count). The van der Waals surface area contributed by atoms with Crippen molar-refractivity contribution < 1.29 is 0 Å². The van der Waals surface area contributed by atoms with Crippen LogP contribution in [-0.4, -0.2) is 16.6 Å². The molecule has 43 heavy (non-hydrogen) atoms. The number of benzene rings is 2. The van der Waals surface area contributed by atoms with E-state index < -0.39 is 0 Å². The van der Waals surface area contributed by atoms with Gasteiger partial charge >= 0.3 is 0 Å². The van der Waals surface area contributed by atoms with Crippen molar-refractivity contribution >= 4 is 11.7 Å². The molecule has 2 aromatic rings. The van der Waals surface area contributed by atoms with E-state index in [1.54, 1.807) is 6.08 Å². The Balaban J connectivity index is 0.00000221. The zero-order chi connectivity index (χ0) is 33.1. The Morgan fingerprint density at radius 3 is 1.98 bits per heavy atom. The monoisotopic (exact) mass is 580 g/mol. The van der Waals surface area contributed by atoms with Gasteiger partial charge < -0.3 is 0 Å². The second-order valence-corrected chi connectivity index (χ2v) is 11.9. The number of hydrogen-bond donors (Lipinski definition) is 2. The summed E-state index contributed by atoms with van der Waals surface area (Å²) in [6, 6.07) is 16.0. The van der Waals surface area contributed by atoms with Crippen LogP contribution in [0, 0.1) is 46.3 Å². The number of hydrogen-bond acceptors (Lipinski definition) is 3. The first kappa shape index (κ1) is 37.3. The minimum atomic E-state index is -0.211. The molecule has 0 aromatic heterocycles. The molecule has 0 heterocycles. The van der Waals surface area contributed by atoms with Gasteiger partial charge in [0.15, 0.2) is 0 Å². The Hall–Kier alpha value is -3.71. The summed E-state index contributed by atoms with van der Waals surface area (Å²) in [6.07, 6.45) is 7.71. The molecule has 1 saturated carbocycles. The van der Waals surface area contributed by atoms with Crippen molar-refractivity contribution in [2.45, 2.75) is 101 Å². The predicted octanol–water partition coefficient (Wildman–Crippen LogP) is 11.0. The van der Waals surface area contributed by atoms with Crippen LogP contribution in [0.4, 0.5) is 0 Å². The van der Waals surface area contributed by atoms with Crippen molar-refractivity contribution in [1.82, 2.24) is 4.90 Å². The lowest BCUT2D eigenvalue weighted by Crippen LogP contribution is -2.40. The fourth-order valence-electron chi connectivity index (χ4n) is 5.98. The van der Waals surface area contributed by atoms with Gasteiger partial charge in [-0.3, -0.25) is 15.7 Å². The number of aryl methyl sites for hydroxylation is 1. The summed E-state index contributed by atoms with van der Waals surface area (Å²) in [4.78, 5) is 1.82. The van der Waals surface area contributed by atoms with Gasteiger partial charge in [0.25, 0.3) is 0 Å². The van der Waals surface area contributed by atoms with E-state index in [0.29, 0.717) is 5.56 Å². The van der Waals surface area contributed by atoms with Crippen molar-refractivity contribution in [3.05, 3.63) is 106 Å². The van der Waals surface area contributed by atoms with Crippen molar-refractivity contribution in [2.24, 2.45) is 17.3 Å². The summed E-state index contributed by atoms with van der Waals surface area (Å²) >= 11 is 0. The smallest absolute Gasteiger partial charge is 0.138 e. The average Bonchev–Trinajstić information content (AvgIpc) is 3.59. The molecule has 4 nitrogen and oxygen atoms in total. The van der Waals surface area contributed by atoms with Crippen LogP contribution in [-0.2, 0) is 5.41 Å². The maximum atomic E-state index is 10.2. The Labute approximate surface area is 263 Å². The number of amidine groups is 2. The van der Waals surface area contributed by atoms with Gasteiger partial charge in [-0.05, 0) is 59.8 Å². The summed E-state index contributed by atoms with van der Waals surface area (Å²) in [6.45, 7) is 29.1. The third-order valence-corrected chi connectivity index (χ3v) is 8.69. The summed E-state index contributed by atoms with van der Waals surface area (Å²) < 4.78 is 0. The summed E-state index contributed by atoms with van der Waals surface area (Å²) in [5.74, 6) is 0.685. The highest BCUT2D eigenvalue weighted by Gasteiger charge is 2.62. The number of nitrogens with one attached hydrogen (secondary N) is 2. The summed E-state index contributed by atoms with van der Waals surface area (Å²) in [7, 11) is 0. The molecule has 2 atom stereocenters. The molecule has 1 aliphatic carbocycles. The van der Waals surface area contributed by atoms with Crippen LogP contribution in [0.5, 0.6) is 0 Å². The lowest BCUT2D eigenvalue weighted by atomic mass is 9.81. The first-order valence-electron chi connectivity index (χ1n) is 16.0. The average molecular weight is 581 g/mol. The molecular weight excluding hydrogens is 524 g/mol. The van der Waals surface area contributed by atoms with Crippen LogP contribution in [0.25, 0.3) is 0 Å². The second kappa shape index (κ2) is 16.2. The van der Waals surface area contributed by atoms with E-state index in [1.165, 1.54) is 0 Å². The maximum absolute atomic E-state index is 10.2. The highest BCUT2D eigenvalue weighted by atomic mass is 15.2. The van der Waals surface area contributed by atoms with Crippen molar-refractivity contribution in [2.75, 3.05) is 0 Å². The molecule has 0 aliphatic heterocycles. The van der Waals surface area contributed by atoms with Crippen molar-refractivity contribution in [1.29, 1.82) is 16.1 Å². The predicted molar refractivity (Wildman–Crippen MR) is 187 cm³/mol. The third-order valence-electron chi connectivity index (χ3n) is 8.69. The molecule has 0 radical (unpaired) electrons. The molecule has 232 valence electrons. The number of allylic oxidation sites excluding steroid dienone is 5. The lowest BCUT2D eigenvalue weighted by Gasteiger charge is -2.35. The van der Waals surface area contributed by atoms with E-state index in [-0.39, 0.29) is 34.3 Å². The Morgan fingerprint density at radius 2 is 1.51 bits per heavy atom. The Morgan fingerprint density at radius 1 is 0.953 bits per heavy atom. The molecule has 4 heteroatoms. The van der Waals surface area contributed by atoms with Crippen molar-refractivity contribution in [3.63, 3.8) is 0 Å². The zero-order valence-corrected chi connectivity index (χ0v) is 28.9. The van der Waals surface area contributed by atoms with Crippen LogP contribution in [0.2, 0.25) is 0 Å². The van der Waals surface area contributed by atoms with E-state index in [0.717, 1.165) is 46.4 Å². The molecule has 0 bridgehead atoms. The normalized spacial score (nSPS) is 19.4. The van der Waals surface area contributed by atoms with Crippen LogP contribution in [0.3, 0.4) is 0 Å². The molecular formula is C39H56N4. The standard InChI is InChI=1S/C35H44N4.2C2H6/c1-10-12-18-27(23(3)4)31(24(5)6)39(32(37)28-19-14-13-16-25(28)7)33(38)29-20-15-17-26(21-36)30(29)35(9)22-34(35,8)11-2;2*1-2/h10,12-20,23-24,37-38H,1,11,22H2,2-9H3;2*1-2H3/b18-12-,31-27?,37-32?,38-33?;;/t34-,35?;;/m1../s1. The van der Waals surface area contributed by atoms with E-state index >= 15 is 0 Å². The van der Waals surface area contributed by atoms with E-state index in [4.69, 9.17) is 0 Å². The molecule has 0 saturated heterocycles. The Kier molecular flexibility index (Phi) is 14.1. The maximum Gasteiger partial charge on any atom is 0.138 e. The first-order chi connectivity index (χ1) is 20.4. The lowest BCUT2D eigenvalue weighted by molar-refractivity contribution is 0.460. The third kappa shape index (κ3) is 7.63. The van der Waals surface area contributed by atoms with Crippen LogP contribution in [0.1, 0.15) is 117 Å². The number of rotatable bonds is 9. The summed E-state index contributed by atoms with van der Waals surface area (Å²) in [5.41, 5.74) is 5.86. The Bertz CT molecular complexity index is 1380. The molecule has 1 unspecified atom stereocenters. The van der Waals surface area contributed by atoms with Gasteiger partial charge in [-0.25, -0.2) is 0 Å². The van der Waals surface area contributed by atoms with Gasteiger partial charge in [0.05, 0.1) is 11.6 Å². The van der Waals surface area contributed by atoms with E-state index in [1.807, 2.05) is 88.1 Å². The molecule has 0 spiro atoms. The van der Waals surface area contributed by atoms with Crippen LogP contribution >= 0.6 is 0 Å². The fourth-order valence-corrected chi connectivity index (χ4v) is 5.98. The second-order valence-electron chi connectivity index (χ2n) is 11.9. The molecule has 1 fully saturated rings. The highest BCUT2D eigenvalue weighted by molar-refractivity contribution is 6.15. The first-order valence-corrected chi connectivity index (χ1v) is 16.0. The molecule has 1 aliphatic rings. The highest BCUT2D eigenvalue weighted by Crippen LogP contribution is 2.67. The van der Waals surface area contributed by atoms with Gasteiger partial charge in [0.2, 0.25) is 0 Å². The topological polar surface area (TPSA) is 74.7 Å². The van der Waals surface area contributed by atoms with Gasteiger partial charge in [0.1, 0.15) is 11.7 Å². The van der Waals surface area contributed by atoms with Crippen LogP contribution < -0.4 is 0 Å². The van der Waals surface area contributed by atoms with E-state index in [9.17, 15) is 16.1 Å². The molecule has 2 N–H and O–H groups in total. The van der Waals surface area contributed by atoms with E-state index in [2.05, 4.69) is 67.2 Å². The quantitative estimate of drug-likeness (QED) is 0.176. The largest absolute Gasteiger partial charge is 0.284 e. The summed E-state index contributed by atoms with van der Waals surface area (Å²) in [5, 5.41) is 29.5. The van der Waals surface area contributed by atoms with Gasteiger partial charge in [-0.15, -0.1) is 0 Å². The minimum Gasteiger partial charge on any atom is -0.284 e. The van der Waals surface area contributed by atoms with Gasteiger partial charge in [-0.2, -0.15) is 5.26 Å². The fraction of sp³-hybridized carbons (Fsp3) is 0.462. The van der Waals surface area contributed by atoms with Crippen LogP contribution in [0.15, 0.2) is 78.5 Å². The SMILES string of the molecule is C=C/C=C\C(=C(C(C)C)N(C(=N)c1ccccc1C)C(=N)c1cccc(C#N)c1C1(C)C[C@@]1(C)CC)C(C)C.CC.CC.